The zero-order valence-corrected chi connectivity index (χ0v) is 15.9. The molecular weight excluding hydrogens is 369 g/mol. The lowest BCUT2D eigenvalue weighted by molar-refractivity contribution is 0.00698. The molecule has 0 amide bonds. The first-order valence-corrected chi connectivity index (χ1v) is 10.7. The zero-order chi connectivity index (χ0) is 19.1. The third kappa shape index (κ3) is 6.02. The van der Waals surface area contributed by atoms with Crippen LogP contribution in [0.25, 0.3) is 0 Å². The van der Waals surface area contributed by atoms with Gasteiger partial charge in [-0.1, -0.05) is 30.3 Å². The predicted octanol–water partition coefficient (Wildman–Crippen LogP) is 3.22. The molecule has 1 aliphatic heterocycles. The average Bonchev–Trinajstić information content (AvgIpc) is 2.67. The highest BCUT2D eigenvalue weighted by Crippen LogP contribution is 2.19. The van der Waals surface area contributed by atoms with Crippen molar-refractivity contribution >= 4 is 10.0 Å². The van der Waals surface area contributed by atoms with Crippen molar-refractivity contribution in [3.05, 3.63) is 66.0 Å². The Bertz CT molecular complexity index is 804. The van der Waals surface area contributed by atoms with Crippen molar-refractivity contribution in [2.24, 2.45) is 0 Å². The van der Waals surface area contributed by atoms with Crippen molar-refractivity contribution in [3.8, 4) is 5.75 Å². The van der Waals surface area contributed by atoms with Crippen LogP contribution in [0.15, 0.2) is 54.6 Å². The standard InChI is InChI=1S/C20H24FNO4S/c21-18-6-8-19(9-7-18)25-14-15-26-20-10-12-22(13-11-20)27(23,24)16-17-4-2-1-3-5-17/h1-9,20H,10-16H2. The van der Waals surface area contributed by atoms with Crippen molar-refractivity contribution in [1.29, 1.82) is 0 Å². The van der Waals surface area contributed by atoms with Crippen LogP contribution < -0.4 is 4.74 Å². The largest absolute Gasteiger partial charge is 0.491 e. The Morgan fingerprint density at radius 3 is 2.30 bits per heavy atom. The molecule has 0 unspecified atom stereocenters. The number of sulfonamides is 1. The molecule has 146 valence electrons. The molecule has 0 radical (unpaired) electrons. The monoisotopic (exact) mass is 393 g/mol. The number of rotatable bonds is 8. The van der Waals surface area contributed by atoms with E-state index in [1.165, 1.54) is 12.1 Å². The van der Waals surface area contributed by atoms with Crippen LogP contribution in [0.3, 0.4) is 0 Å². The minimum absolute atomic E-state index is 0.0324. The van der Waals surface area contributed by atoms with E-state index in [9.17, 15) is 12.8 Å². The van der Waals surface area contributed by atoms with Gasteiger partial charge >= 0.3 is 0 Å². The third-order valence-electron chi connectivity index (χ3n) is 4.51. The molecular formula is C20H24FNO4S. The quantitative estimate of drug-likeness (QED) is 0.646. The summed E-state index contributed by atoms with van der Waals surface area (Å²) >= 11 is 0. The Morgan fingerprint density at radius 1 is 0.963 bits per heavy atom. The zero-order valence-electron chi connectivity index (χ0n) is 15.1. The molecule has 2 aromatic carbocycles. The van der Waals surface area contributed by atoms with Gasteiger partial charge in [0.1, 0.15) is 18.2 Å². The lowest BCUT2D eigenvalue weighted by atomic mass is 10.1. The van der Waals surface area contributed by atoms with Crippen LogP contribution in [0.4, 0.5) is 4.39 Å². The van der Waals surface area contributed by atoms with Gasteiger partial charge in [-0.3, -0.25) is 0 Å². The molecule has 0 aliphatic carbocycles. The molecule has 0 saturated carbocycles. The van der Waals surface area contributed by atoms with Crippen LogP contribution in [-0.4, -0.2) is 45.1 Å². The number of benzene rings is 2. The first-order valence-electron chi connectivity index (χ1n) is 9.05. The molecule has 1 aliphatic rings. The van der Waals surface area contributed by atoms with Crippen molar-refractivity contribution < 1.29 is 22.3 Å². The van der Waals surface area contributed by atoms with Crippen LogP contribution >= 0.6 is 0 Å². The number of hydrogen-bond acceptors (Lipinski definition) is 4. The van der Waals surface area contributed by atoms with Gasteiger partial charge < -0.3 is 9.47 Å². The molecule has 5 nitrogen and oxygen atoms in total. The highest BCUT2D eigenvalue weighted by Gasteiger charge is 2.28. The van der Waals surface area contributed by atoms with E-state index in [0.717, 1.165) is 5.56 Å². The van der Waals surface area contributed by atoms with E-state index in [1.807, 2.05) is 30.3 Å². The van der Waals surface area contributed by atoms with Gasteiger partial charge in [-0.05, 0) is 42.7 Å². The summed E-state index contributed by atoms with van der Waals surface area (Å²) in [5.41, 5.74) is 0.800. The second-order valence-electron chi connectivity index (χ2n) is 6.51. The second kappa shape index (κ2) is 9.30. The summed E-state index contributed by atoms with van der Waals surface area (Å²) in [6, 6.07) is 15.1. The SMILES string of the molecule is O=S(=O)(Cc1ccccc1)N1CCC(OCCOc2ccc(F)cc2)CC1. The van der Waals surface area contributed by atoms with Gasteiger partial charge in [-0.15, -0.1) is 0 Å². The molecule has 1 heterocycles. The Kier molecular flexibility index (Phi) is 6.82. The third-order valence-corrected chi connectivity index (χ3v) is 6.36. The number of hydrogen-bond donors (Lipinski definition) is 0. The molecule has 0 atom stereocenters. The van der Waals surface area contributed by atoms with Crippen molar-refractivity contribution in [1.82, 2.24) is 4.31 Å². The molecule has 27 heavy (non-hydrogen) atoms. The summed E-state index contributed by atoms with van der Waals surface area (Å²) < 4.78 is 50.7. The van der Waals surface area contributed by atoms with E-state index >= 15 is 0 Å². The minimum Gasteiger partial charge on any atom is -0.491 e. The average molecular weight is 393 g/mol. The van der Waals surface area contributed by atoms with Gasteiger partial charge in [-0.25, -0.2) is 17.1 Å². The number of ether oxygens (including phenoxy) is 2. The van der Waals surface area contributed by atoms with Crippen molar-refractivity contribution in [3.63, 3.8) is 0 Å². The van der Waals surface area contributed by atoms with Gasteiger partial charge in [-0.2, -0.15) is 0 Å². The lowest BCUT2D eigenvalue weighted by Crippen LogP contribution is -2.41. The maximum absolute atomic E-state index is 12.8. The molecule has 0 bridgehead atoms. The van der Waals surface area contributed by atoms with Crippen LogP contribution in [0.1, 0.15) is 18.4 Å². The normalized spacial score (nSPS) is 16.3. The first kappa shape index (κ1) is 19.8. The summed E-state index contributed by atoms with van der Waals surface area (Å²) in [7, 11) is -3.30. The smallest absolute Gasteiger partial charge is 0.218 e. The second-order valence-corrected chi connectivity index (χ2v) is 8.48. The fourth-order valence-corrected chi connectivity index (χ4v) is 4.62. The van der Waals surface area contributed by atoms with Crippen LogP contribution in [0.5, 0.6) is 5.75 Å². The van der Waals surface area contributed by atoms with E-state index in [2.05, 4.69) is 0 Å². The van der Waals surface area contributed by atoms with E-state index < -0.39 is 10.0 Å². The molecule has 1 saturated heterocycles. The van der Waals surface area contributed by atoms with Crippen LogP contribution in [0.2, 0.25) is 0 Å². The number of piperidine rings is 1. The molecule has 3 rings (SSSR count). The maximum Gasteiger partial charge on any atom is 0.218 e. The number of halogens is 1. The summed E-state index contributed by atoms with van der Waals surface area (Å²) in [5.74, 6) is 0.333. The summed E-state index contributed by atoms with van der Waals surface area (Å²) in [5, 5.41) is 0. The molecule has 0 aromatic heterocycles. The topological polar surface area (TPSA) is 55.8 Å². The van der Waals surface area contributed by atoms with Crippen molar-refractivity contribution in [2.75, 3.05) is 26.3 Å². The van der Waals surface area contributed by atoms with Gasteiger partial charge in [0.25, 0.3) is 0 Å². The van der Waals surface area contributed by atoms with Gasteiger partial charge in [0, 0.05) is 13.1 Å². The van der Waals surface area contributed by atoms with Gasteiger partial charge in [0.05, 0.1) is 18.5 Å². The van der Waals surface area contributed by atoms with Crippen LogP contribution in [0, 0.1) is 5.82 Å². The summed E-state index contributed by atoms with van der Waals surface area (Å²) in [6.07, 6.45) is 1.37. The fraction of sp³-hybridized carbons (Fsp3) is 0.400. The van der Waals surface area contributed by atoms with E-state index in [0.29, 0.717) is 44.9 Å². The van der Waals surface area contributed by atoms with Gasteiger partial charge in [0.2, 0.25) is 10.0 Å². The highest BCUT2D eigenvalue weighted by atomic mass is 32.2. The Hall–Kier alpha value is -1.96. The van der Waals surface area contributed by atoms with Gasteiger partial charge in [0.15, 0.2) is 0 Å². The number of nitrogens with zero attached hydrogens (tertiary/aromatic N) is 1. The first-order chi connectivity index (χ1) is 13.0. The Morgan fingerprint density at radius 2 is 1.63 bits per heavy atom. The predicted molar refractivity (Wildman–Crippen MR) is 102 cm³/mol. The van der Waals surface area contributed by atoms with Crippen LogP contribution in [-0.2, 0) is 20.5 Å². The Labute approximate surface area is 159 Å². The summed E-state index contributed by atoms with van der Waals surface area (Å²) in [6.45, 7) is 1.73. The molecule has 0 spiro atoms. The maximum atomic E-state index is 12.8. The molecule has 1 fully saturated rings. The fourth-order valence-electron chi connectivity index (χ4n) is 3.06. The summed E-state index contributed by atoms with van der Waals surface area (Å²) in [4.78, 5) is 0. The Balaban J connectivity index is 1.37. The van der Waals surface area contributed by atoms with E-state index in [1.54, 1.807) is 16.4 Å². The molecule has 7 heteroatoms. The molecule has 2 aromatic rings. The van der Waals surface area contributed by atoms with E-state index in [4.69, 9.17) is 9.47 Å². The highest BCUT2D eigenvalue weighted by molar-refractivity contribution is 7.88. The van der Waals surface area contributed by atoms with E-state index in [-0.39, 0.29) is 17.7 Å². The lowest BCUT2D eigenvalue weighted by Gasteiger charge is -2.31. The minimum atomic E-state index is -3.30. The van der Waals surface area contributed by atoms with Crippen molar-refractivity contribution in [2.45, 2.75) is 24.7 Å². The molecule has 0 N–H and O–H groups in total.